The van der Waals surface area contributed by atoms with Gasteiger partial charge in [-0.25, -0.2) is 4.68 Å². The third-order valence-electron chi connectivity index (χ3n) is 3.78. The van der Waals surface area contributed by atoms with E-state index in [1.807, 2.05) is 41.1 Å². The first-order chi connectivity index (χ1) is 11.2. The Hall–Kier alpha value is -1.58. The van der Waals surface area contributed by atoms with Gasteiger partial charge in [-0.15, -0.1) is 0 Å². The summed E-state index contributed by atoms with van der Waals surface area (Å²) in [6.45, 7) is 2.21. The number of benzene rings is 2. The monoisotopic (exact) mass is 388 g/mol. The SMILES string of the molecule is CCCCc1cc(-c2ccc(Cl)cc2)nn1-c1ccc(Br)cc1. The zero-order chi connectivity index (χ0) is 16.2. The van der Waals surface area contributed by atoms with E-state index >= 15 is 0 Å². The van der Waals surface area contributed by atoms with E-state index in [2.05, 4.69) is 41.1 Å². The first-order valence-electron chi connectivity index (χ1n) is 7.78. The van der Waals surface area contributed by atoms with Gasteiger partial charge in [0, 0.05) is 20.8 Å². The topological polar surface area (TPSA) is 17.8 Å². The van der Waals surface area contributed by atoms with Crippen LogP contribution in [0.25, 0.3) is 16.9 Å². The molecule has 0 aliphatic carbocycles. The van der Waals surface area contributed by atoms with Crippen molar-refractivity contribution >= 4 is 27.5 Å². The summed E-state index contributed by atoms with van der Waals surface area (Å²) < 4.78 is 3.12. The van der Waals surface area contributed by atoms with E-state index < -0.39 is 0 Å². The molecule has 0 aliphatic heterocycles. The van der Waals surface area contributed by atoms with E-state index in [0.29, 0.717) is 0 Å². The Balaban J connectivity index is 2.02. The summed E-state index contributed by atoms with van der Waals surface area (Å²) in [7, 11) is 0. The average molecular weight is 390 g/mol. The molecule has 0 amide bonds. The average Bonchev–Trinajstić information content (AvgIpc) is 2.98. The van der Waals surface area contributed by atoms with Crippen LogP contribution in [0.15, 0.2) is 59.1 Å². The second-order valence-corrected chi connectivity index (χ2v) is 6.87. The first kappa shape index (κ1) is 16.3. The van der Waals surface area contributed by atoms with Gasteiger partial charge in [0.25, 0.3) is 0 Å². The van der Waals surface area contributed by atoms with E-state index in [-0.39, 0.29) is 0 Å². The smallest absolute Gasteiger partial charge is 0.0930 e. The Kier molecular flexibility index (Phi) is 5.19. The van der Waals surface area contributed by atoms with Crippen LogP contribution in [0.3, 0.4) is 0 Å². The summed E-state index contributed by atoms with van der Waals surface area (Å²) >= 11 is 9.47. The molecule has 0 N–H and O–H groups in total. The molecular formula is C19H18BrClN2. The quantitative estimate of drug-likeness (QED) is 0.501. The van der Waals surface area contributed by atoms with Crippen LogP contribution in [0.1, 0.15) is 25.5 Å². The molecule has 2 nitrogen and oxygen atoms in total. The fourth-order valence-electron chi connectivity index (χ4n) is 2.52. The molecule has 3 aromatic rings. The summed E-state index contributed by atoms with van der Waals surface area (Å²) in [5.74, 6) is 0. The Morgan fingerprint density at radius 1 is 1.04 bits per heavy atom. The maximum Gasteiger partial charge on any atom is 0.0930 e. The highest BCUT2D eigenvalue weighted by Gasteiger charge is 2.11. The van der Waals surface area contributed by atoms with Crippen molar-refractivity contribution in [1.29, 1.82) is 0 Å². The second kappa shape index (κ2) is 7.33. The Morgan fingerprint density at radius 2 is 1.74 bits per heavy atom. The number of nitrogens with zero attached hydrogens (tertiary/aromatic N) is 2. The predicted molar refractivity (Wildman–Crippen MR) is 100 cm³/mol. The van der Waals surface area contributed by atoms with Crippen LogP contribution in [0.5, 0.6) is 0 Å². The number of aromatic nitrogens is 2. The number of halogens is 2. The van der Waals surface area contributed by atoms with Gasteiger partial charge in [0.1, 0.15) is 0 Å². The lowest BCUT2D eigenvalue weighted by Crippen LogP contribution is -2.02. The number of rotatable bonds is 5. The molecule has 0 bridgehead atoms. The van der Waals surface area contributed by atoms with E-state index in [1.165, 1.54) is 12.1 Å². The van der Waals surface area contributed by atoms with Gasteiger partial charge < -0.3 is 0 Å². The summed E-state index contributed by atoms with van der Waals surface area (Å²) in [5.41, 5.74) is 4.39. The minimum atomic E-state index is 0.743. The van der Waals surface area contributed by atoms with E-state index in [4.69, 9.17) is 16.7 Å². The lowest BCUT2D eigenvalue weighted by Gasteiger charge is -2.07. The maximum absolute atomic E-state index is 5.98. The molecule has 0 aliphatic rings. The van der Waals surface area contributed by atoms with Crippen LogP contribution in [-0.2, 0) is 6.42 Å². The van der Waals surface area contributed by atoms with Gasteiger partial charge in [-0.3, -0.25) is 0 Å². The Labute approximate surface area is 150 Å². The molecule has 0 unspecified atom stereocenters. The zero-order valence-electron chi connectivity index (χ0n) is 13.0. The Bertz CT molecular complexity index is 776. The van der Waals surface area contributed by atoms with Crippen LogP contribution in [0.2, 0.25) is 5.02 Å². The normalized spacial score (nSPS) is 10.9. The van der Waals surface area contributed by atoms with Crippen molar-refractivity contribution in [2.75, 3.05) is 0 Å². The van der Waals surface area contributed by atoms with Crippen LogP contribution in [-0.4, -0.2) is 9.78 Å². The molecule has 0 fully saturated rings. The highest BCUT2D eigenvalue weighted by atomic mass is 79.9. The van der Waals surface area contributed by atoms with E-state index in [9.17, 15) is 0 Å². The third-order valence-corrected chi connectivity index (χ3v) is 4.56. The summed E-state index contributed by atoms with van der Waals surface area (Å²) in [6.07, 6.45) is 3.34. The number of unbranched alkanes of at least 4 members (excludes halogenated alkanes) is 1. The lowest BCUT2D eigenvalue weighted by atomic mass is 10.1. The highest BCUT2D eigenvalue weighted by Crippen LogP contribution is 2.25. The fourth-order valence-corrected chi connectivity index (χ4v) is 2.91. The van der Waals surface area contributed by atoms with Crippen molar-refractivity contribution in [3.05, 3.63) is 69.8 Å². The van der Waals surface area contributed by atoms with Gasteiger partial charge >= 0.3 is 0 Å². The van der Waals surface area contributed by atoms with Crippen molar-refractivity contribution in [1.82, 2.24) is 9.78 Å². The van der Waals surface area contributed by atoms with E-state index in [0.717, 1.165) is 39.3 Å². The zero-order valence-corrected chi connectivity index (χ0v) is 15.3. The summed E-state index contributed by atoms with van der Waals surface area (Å²) in [5, 5.41) is 5.56. The highest BCUT2D eigenvalue weighted by molar-refractivity contribution is 9.10. The molecule has 1 heterocycles. The van der Waals surface area contributed by atoms with Crippen molar-refractivity contribution in [2.24, 2.45) is 0 Å². The van der Waals surface area contributed by atoms with Crippen LogP contribution in [0.4, 0.5) is 0 Å². The van der Waals surface area contributed by atoms with Gasteiger partial charge in [-0.05, 0) is 55.3 Å². The Morgan fingerprint density at radius 3 is 2.39 bits per heavy atom. The standard InChI is InChI=1S/C19H18BrClN2/c1-2-3-4-18-13-19(14-5-9-16(21)10-6-14)22-23(18)17-11-7-15(20)8-12-17/h5-13H,2-4H2,1H3. The van der Waals surface area contributed by atoms with Crippen molar-refractivity contribution in [2.45, 2.75) is 26.2 Å². The van der Waals surface area contributed by atoms with Crippen LogP contribution >= 0.6 is 27.5 Å². The second-order valence-electron chi connectivity index (χ2n) is 5.52. The molecule has 0 radical (unpaired) electrons. The van der Waals surface area contributed by atoms with Gasteiger partial charge in [0.15, 0.2) is 0 Å². The lowest BCUT2D eigenvalue weighted by molar-refractivity contribution is 0.729. The molecule has 0 saturated carbocycles. The number of aryl methyl sites for hydroxylation is 1. The fraction of sp³-hybridized carbons (Fsp3) is 0.211. The molecule has 2 aromatic carbocycles. The molecule has 0 atom stereocenters. The minimum Gasteiger partial charge on any atom is -0.237 e. The van der Waals surface area contributed by atoms with Crippen molar-refractivity contribution in [3.63, 3.8) is 0 Å². The summed E-state index contributed by atoms with van der Waals surface area (Å²) in [4.78, 5) is 0. The van der Waals surface area contributed by atoms with Gasteiger partial charge in [0.2, 0.25) is 0 Å². The molecule has 118 valence electrons. The number of hydrogen-bond acceptors (Lipinski definition) is 1. The molecule has 1 aromatic heterocycles. The molecule has 23 heavy (non-hydrogen) atoms. The molecule has 0 saturated heterocycles. The maximum atomic E-state index is 5.98. The third kappa shape index (κ3) is 3.85. The minimum absolute atomic E-state index is 0.743. The molecular weight excluding hydrogens is 372 g/mol. The van der Waals surface area contributed by atoms with Crippen molar-refractivity contribution in [3.8, 4) is 16.9 Å². The largest absolute Gasteiger partial charge is 0.237 e. The molecule has 0 spiro atoms. The number of hydrogen-bond donors (Lipinski definition) is 0. The first-order valence-corrected chi connectivity index (χ1v) is 8.95. The predicted octanol–water partition coefficient (Wildman–Crippen LogP) is 6.30. The summed E-state index contributed by atoms with van der Waals surface area (Å²) in [6, 6.07) is 18.3. The molecule has 3 rings (SSSR count). The van der Waals surface area contributed by atoms with Crippen molar-refractivity contribution < 1.29 is 0 Å². The molecule has 4 heteroatoms. The van der Waals surface area contributed by atoms with Crippen LogP contribution in [0, 0.1) is 0 Å². The van der Waals surface area contributed by atoms with Crippen LogP contribution < -0.4 is 0 Å². The van der Waals surface area contributed by atoms with Gasteiger partial charge in [0.05, 0.1) is 11.4 Å². The van der Waals surface area contributed by atoms with Gasteiger partial charge in [-0.2, -0.15) is 5.10 Å². The van der Waals surface area contributed by atoms with E-state index in [1.54, 1.807) is 0 Å². The van der Waals surface area contributed by atoms with Gasteiger partial charge in [-0.1, -0.05) is 53.0 Å².